The smallest absolute Gasteiger partial charge is 0.115 e. The van der Waals surface area contributed by atoms with E-state index in [0.29, 0.717) is 11.7 Å². The van der Waals surface area contributed by atoms with Crippen LogP contribution in [0.5, 0.6) is 5.75 Å². The van der Waals surface area contributed by atoms with E-state index in [1.165, 1.54) is 56.1 Å². The summed E-state index contributed by atoms with van der Waals surface area (Å²) in [5.41, 5.74) is 3.05. The molecule has 4 atom stereocenters. The molecule has 2 fully saturated rings. The van der Waals surface area contributed by atoms with Crippen LogP contribution in [0.1, 0.15) is 56.6 Å². The summed E-state index contributed by atoms with van der Waals surface area (Å²) in [5.74, 6) is 2.61. The van der Waals surface area contributed by atoms with Crippen LogP contribution in [0.2, 0.25) is 0 Å². The topological polar surface area (TPSA) is 20.2 Å². The number of hydrogen-bond acceptors (Lipinski definition) is 1. The molecular formula is C26H32O. The molecule has 142 valence electrons. The zero-order valence-electron chi connectivity index (χ0n) is 16.5. The van der Waals surface area contributed by atoms with Gasteiger partial charge in [0.2, 0.25) is 0 Å². The van der Waals surface area contributed by atoms with Gasteiger partial charge in [-0.3, -0.25) is 0 Å². The van der Waals surface area contributed by atoms with Crippen LogP contribution in [0.15, 0.2) is 66.7 Å². The first kappa shape index (κ1) is 18.3. The standard InChI is InChI=1S/C26H32O/c1-2-8-25-24-13-7-17-26(25,22-11-6-12-23(27)19-22)18-16-21(24)15-14-20-9-4-3-5-10-20/h2-6,8-12,19,21,24-25,27H,7,13-18H2,1H3/b8-2-/t21?,24-,25-,26?/m1/s1. The van der Waals surface area contributed by atoms with E-state index in [4.69, 9.17) is 0 Å². The molecule has 4 rings (SSSR count). The molecule has 0 saturated heterocycles. The van der Waals surface area contributed by atoms with Gasteiger partial charge in [-0.1, -0.05) is 61.0 Å². The summed E-state index contributed by atoms with van der Waals surface area (Å²) < 4.78 is 0. The fraction of sp³-hybridized carbons (Fsp3) is 0.462. The average molecular weight is 361 g/mol. The monoisotopic (exact) mass is 360 g/mol. The van der Waals surface area contributed by atoms with Gasteiger partial charge in [-0.25, -0.2) is 0 Å². The third-order valence-corrected chi connectivity index (χ3v) is 7.29. The van der Waals surface area contributed by atoms with Gasteiger partial charge in [0.1, 0.15) is 5.75 Å². The first-order chi connectivity index (χ1) is 13.2. The highest BCUT2D eigenvalue weighted by molar-refractivity contribution is 5.36. The maximum absolute atomic E-state index is 10.1. The molecule has 2 unspecified atom stereocenters. The fourth-order valence-corrected chi connectivity index (χ4v) is 6.07. The van der Waals surface area contributed by atoms with Crippen LogP contribution in [0.25, 0.3) is 0 Å². The Morgan fingerprint density at radius 1 is 1.04 bits per heavy atom. The van der Waals surface area contributed by atoms with Gasteiger partial charge in [0.15, 0.2) is 0 Å². The Hall–Kier alpha value is -2.02. The predicted octanol–water partition coefficient (Wildman–Crippen LogP) is 6.67. The van der Waals surface area contributed by atoms with Crippen molar-refractivity contribution in [1.29, 1.82) is 0 Å². The molecule has 1 N–H and O–H groups in total. The Labute approximate surface area is 164 Å². The Balaban J connectivity index is 1.59. The molecule has 27 heavy (non-hydrogen) atoms. The molecule has 2 aliphatic carbocycles. The highest BCUT2D eigenvalue weighted by Crippen LogP contribution is 2.57. The molecule has 0 aliphatic heterocycles. The first-order valence-corrected chi connectivity index (χ1v) is 10.7. The summed E-state index contributed by atoms with van der Waals surface area (Å²) in [6.07, 6.45) is 13.8. The van der Waals surface area contributed by atoms with Crippen molar-refractivity contribution in [2.75, 3.05) is 0 Å². The van der Waals surface area contributed by atoms with Crippen molar-refractivity contribution in [3.63, 3.8) is 0 Å². The van der Waals surface area contributed by atoms with E-state index in [2.05, 4.69) is 55.5 Å². The minimum Gasteiger partial charge on any atom is -0.508 e. The quantitative estimate of drug-likeness (QED) is 0.591. The number of phenolic OH excluding ortho intramolecular Hbond substituents is 1. The molecule has 0 radical (unpaired) electrons. The summed E-state index contributed by atoms with van der Waals surface area (Å²) in [5, 5.41) is 10.1. The van der Waals surface area contributed by atoms with Gasteiger partial charge in [0.25, 0.3) is 0 Å². The highest BCUT2D eigenvalue weighted by atomic mass is 16.3. The lowest BCUT2D eigenvalue weighted by atomic mass is 9.49. The Kier molecular flexibility index (Phi) is 5.38. The van der Waals surface area contributed by atoms with Gasteiger partial charge >= 0.3 is 0 Å². The maximum Gasteiger partial charge on any atom is 0.115 e. The molecule has 0 aromatic heterocycles. The number of aromatic hydroxyl groups is 1. The van der Waals surface area contributed by atoms with Gasteiger partial charge in [-0.2, -0.15) is 0 Å². The van der Waals surface area contributed by atoms with E-state index >= 15 is 0 Å². The molecule has 2 aromatic rings. The van der Waals surface area contributed by atoms with Gasteiger partial charge in [-0.15, -0.1) is 0 Å². The Bertz CT molecular complexity index is 778. The summed E-state index contributed by atoms with van der Waals surface area (Å²) >= 11 is 0. The lowest BCUT2D eigenvalue weighted by molar-refractivity contribution is 0.0360. The van der Waals surface area contributed by atoms with Crippen LogP contribution in [0.4, 0.5) is 0 Å². The summed E-state index contributed by atoms with van der Waals surface area (Å²) in [7, 11) is 0. The first-order valence-electron chi connectivity index (χ1n) is 10.7. The molecule has 0 amide bonds. The second kappa shape index (κ2) is 7.92. The van der Waals surface area contributed by atoms with Crippen LogP contribution >= 0.6 is 0 Å². The number of fused-ring (bicyclic) bond motifs is 2. The molecule has 1 heteroatoms. The van der Waals surface area contributed by atoms with Crippen molar-refractivity contribution in [3.05, 3.63) is 77.9 Å². The third-order valence-electron chi connectivity index (χ3n) is 7.29. The van der Waals surface area contributed by atoms with Gasteiger partial charge < -0.3 is 5.11 Å². The fourth-order valence-electron chi connectivity index (χ4n) is 6.07. The van der Waals surface area contributed by atoms with Crippen LogP contribution in [0.3, 0.4) is 0 Å². The number of aryl methyl sites for hydroxylation is 1. The molecule has 2 saturated carbocycles. The van der Waals surface area contributed by atoms with Crippen LogP contribution in [-0.4, -0.2) is 5.11 Å². The summed E-state index contributed by atoms with van der Waals surface area (Å²) in [4.78, 5) is 0. The largest absolute Gasteiger partial charge is 0.508 e. The minimum atomic E-state index is 0.220. The van der Waals surface area contributed by atoms with Crippen molar-refractivity contribution < 1.29 is 5.11 Å². The van der Waals surface area contributed by atoms with Crippen molar-refractivity contribution in [3.8, 4) is 5.75 Å². The molecule has 0 heterocycles. The maximum atomic E-state index is 10.1. The number of allylic oxidation sites excluding steroid dienone is 2. The van der Waals surface area contributed by atoms with Gasteiger partial charge in [0, 0.05) is 5.41 Å². The second-order valence-corrected chi connectivity index (χ2v) is 8.64. The van der Waals surface area contributed by atoms with E-state index in [0.717, 1.165) is 11.8 Å². The molecule has 2 aromatic carbocycles. The van der Waals surface area contributed by atoms with E-state index in [-0.39, 0.29) is 5.41 Å². The highest BCUT2D eigenvalue weighted by Gasteiger charge is 2.50. The lowest BCUT2D eigenvalue weighted by Gasteiger charge is -2.55. The SMILES string of the molecule is C/C=C\[C@@H]1[C@@H]2CCCC1(c1cccc(O)c1)CCC2CCc1ccccc1. The van der Waals surface area contributed by atoms with Crippen molar-refractivity contribution >= 4 is 0 Å². The van der Waals surface area contributed by atoms with Crippen molar-refractivity contribution in [2.24, 2.45) is 17.8 Å². The van der Waals surface area contributed by atoms with E-state index in [1.807, 2.05) is 12.1 Å². The van der Waals surface area contributed by atoms with Crippen LogP contribution < -0.4 is 0 Å². The Morgan fingerprint density at radius 2 is 1.89 bits per heavy atom. The predicted molar refractivity (Wildman–Crippen MR) is 113 cm³/mol. The van der Waals surface area contributed by atoms with Gasteiger partial charge in [-0.05, 0) is 86.5 Å². The third kappa shape index (κ3) is 3.57. The van der Waals surface area contributed by atoms with Crippen LogP contribution in [-0.2, 0) is 11.8 Å². The molecule has 1 nitrogen and oxygen atoms in total. The molecular weight excluding hydrogens is 328 g/mol. The summed E-state index contributed by atoms with van der Waals surface area (Å²) in [6, 6.07) is 19.1. The number of hydrogen-bond donors (Lipinski definition) is 1. The number of phenols is 1. The van der Waals surface area contributed by atoms with Crippen LogP contribution in [0, 0.1) is 17.8 Å². The van der Waals surface area contributed by atoms with E-state index in [9.17, 15) is 5.11 Å². The number of benzene rings is 2. The van der Waals surface area contributed by atoms with Gasteiger partial charge in [0.05, 0.1) is 0 Å². The Morgan fingerprint density at radius 3 is 2.67 bits per heavy atom. The summed E-state index contributed by atoms with van der Waals surface area (Å²) in [6.45, 7) is 2.17. The lowest BCUT2D eigenvalue weighted by Crippen LogP contribution is -2.48. The average Bonchev–Trinajstić information content (AvgIpc) is 2.69. The van der Waals surface area contributed by atoms with Crippen molar-refractivity contribution in [1.82, 2.24) is 0 Å². The molecule has 0 spiro atoms. The van der Waals surface area contributed by atoms with E-state index in [1.54, 1.807) is 6.07 Å². The zero-order chi connectivity index (χ0) is 18.7. The number of rotatable bonds is 5. The molecule has 2 bridgehead atoms. The zero-order valence-corrected chi connectivity index (χ0v) is 16.5. The van der Waals surface area contributed by atoms with E-state index < -0.39 is 0 Å². The second-order valence-electron chi connectivity index (χ2n) is 8.64. The molecule has 2 aliphatic rings. The van der Waals surface area contributed by atoms with Crippen molar-refractivity contribution in [2.45, 2.75) is 57.3 Å². The normalized spacial score (nSPS) is 30.5. The minimum absolute atomic E-state index is 0.220.